The molecule has 5 nitrogen and oxygen atoms in total. The van der Waals surface area contributed by atoms with E-state index < -0.39 is 5.41 Å². The lowest BCUT2D eigenvalue weighted by Gasteiger charge is -2.40. The van der Waals surface area contributed by atoms with Gasteiger partial charge in [0.05, 0.1) is 22.6 Å². The summed E-state index contributed by atoms with van der Waals surface area (Å²) in [6, 6.07) is 64.9. The van der Waals surface area contributed by atoms with Crippen LogP contribution in [0, 0.1) is 11.3 Å². The minimum absolute atomic E-state index is 0.535. The molecule has 9 aromatic rings. The Kier molecular flexibility index (Phi) is 7.07. The van der Waals surface area contributed by atoms with Gasteiger partial charge in [-0.1, -0.05) is 152 Å². The number of hydrogen-bond donors (Lipinski definition) is 0. The van der Waals surface area contributed by atoms with E-state index in [0.717, 1.165) is 50.1 Å². The van der Waals surface area contributed by atoms with E-state index in [4.69, 9.17) is 19.7 Å². The van der Waals surface area contributed by atoms with Crippen molar-refractivity contribution in [2.75, 3.05) is 0 Å². The molecule has 0 radical (unpaired) electrons. The predicted octanol–water partition coefficient (Wildman–Crippen LogP) is 12.0. The van der Waals surface area contributed by atoms with Crippen LogP contribution in [0.3, 0.4) is 0 Å². The topological polar surface area (TPSA) is 71.7 Å². The summed E-state index contributed by atoms with van der Waals surface area (Å²) in [5.74, 6) is 3.21. The molecular formula is C51H30N4O. The number of nitriles is 1. The lowest BCUT2D eigenvalue weighted by molar-refractivity contribution is 0.438. The molecule has 1 aliphatic carbocycles. The van der Waals surface area contributed by atoms with Crippen LogP contribution in [0.1, 0.15) is 27.8 Å². The number of benzene rings is 8. The van der Waals surface area contributed by atoms with Gasteiger partial charge in [0.25, 0.3) is 0 Å². The van der Waals surface area contributed by atoms with Gasteiger partial charge in [-0.3, -0.25) is 0 Å². The van der Waals surface area contributed by atoms with Crippen LogP contribution >= 0.6 is 0 Å². The van der Waals surface area contributed by atoms with Crippen molar-refractivity contribution in [2.24, 2.45) is 0 Å². The molecule has 5 heteroatoms. The minimum Gasteiger partial charge on any atom is -0.456 e. The fourth-order valence-electron chi connectivity index (χ4n) is 8.85. The van der Waals surface area contributed by atoms with E-state index in [0.29, 0.717) is 28.8 Å². The molecule has 0 N–H and O–H groups in total. The van der Waals surface area contributed by atoms with Crippen molar-refractivity contribution < 1.29 is 4.74 Å². The molecule has 1 spiro atoms. The Balaban J connectivity index is 1.24. The number of aromatic nitrogens is 3. The SMILES string of the molecule is N#Cc1ccc(-c2cc3c(c4ccccc24)-c2ccccc2C32c3ccccc3Oc3c(-c4nc(-c5ccccc5)nc(-c5ccccc5)n4)cccc32)cc1. The number of hydrogen-bond acceptors (Lipinski definition) is 5. The quantitative estimate of drug-likeness (QED) is 0.181. The lowest BCUT2D eigenvalue weighted by Crippen LogP contribution is -2.32. The zero-order valence-corrected chi connectivity index (χ0v) is 30.0. The molecule has 260 valence electrons. The second kappa shape index (κ2) is 12.4. The highest BCUT2D eigenvalue weighted by atomic mass is 16.5. The summed E-state index contributed by atoms with van der Waals surface area (Å²) in [4.78, 5) is 15.3. The number of ether oxygens (including phenoxy) is 1. The van der Waals surface area contributed by atoms with E-state index in [2.05, 4.69) is 109 Å². The molecule has 8 aromatic carbocycles. The maximum absolute atomic E-state index is 9.63. The van der Waals surface area contributed by atoms with Crippen molar-refractivity contribution >= 4 is 10.8 Å². The standard InChI is InChI=1S/C51H30N4O/c52-31-32-26-28-33(29-27-32)40-30-44-46(37-19-8-7-18-36(37)40)38-20-9-10-22-41(38)51(44)42-23-11-12-25-45(42)56-47-39(21-13-24-43(47)51)50-54-48(34-14-3-1-4-15-34)53-49(55-50)35-16-5-2-6-17-35/h1-30H. The van der Waals surface area contributed by atoms with Gasteiger partial charge in [0.1, 0.15) is 11.5 Å². The van der Waals surface area contributed by atoms with Crippen LogP contribution in [0.4, 0.5) is 0 Å². The Morgan fingerprint density at radius 1 is 0.429 bits per heavy atom. The maximum atomic E-state index is 9.63. The molecule has 0 fully saturated rings. The fraction of sp³-hybridized carbons (Fsp3) is 0.0196. The molecule has 2 aliphatic rings. The first-order valence-electron chi connectivity index (χ1n) is 18.7. The molecule has 0 bridgehead atoms. The van der Waals surface area contributed by atoms with Crippen molar-refractivity contribution in [3.05, 3.63) is 210 Å². The second-order valence-electron chi connectivity index (χ2n) is 14.2. The van der Waals surface area contributed by atoms with Crippen molar-refractivity contribution in [2.45, 2.75) is 5.41 Å². The average molecular weight is 715 g/mol. The van der Waals surface area contributed by atoms with Crippen LogP contribution in [0.5, 0.6) is 11.5 Å². The van der Waals surface area contributed by atoms with Gasteiger partial charge in [0, 0.05) is 22.3 Å². The van der Waals surface area contributed by atoms with E-state index >= 15 is 0 Å². The van der Waals surface area contributed by atoms with Crippen LogP contribution in [0.15, 0.2) is 182 Å². The summed E-state index contributed by atoms with van der Waals surface area (Å²) in [7, 11) is 0. The summed E-state index contributed by atoms with van der Waals surface area (Å²) in [6.07, 6.45) is 0. The highest BCUT2D eigenvalue weighted by molar-refractivity contribution is 6.10. The van der Waals surface area contributed by atoms with Crippen LogP contribution in [-0.4, -0.2) is 15.0 Å². The number of fused-ring (bicyclic) bond motifs is 11. The smallest absolute Gasteiger partial charge is 0.167 e. The van der Waals surface area contributed by atoms with Gasteiger partial charge in [0.2, 0.25) is 0 Å². The third-order valence-corrected chi connectivity index (χ3v) is 11.2. The molecule has 1 unspecified atom stereocenters. The third-order valence-electron chi connectivity index (χ3n) is 11.2. The normalized spacial score (nSPS) is 14.6. The van der Waals surface area contributed by atoms with Crippen molar-refractivity contribution in [1.29, 1.82) is 5.26 Å². The molecule has 0 saturated heterocycles. The van der Waals surface area contributed by atoms with Gasteiger partial charge >= 0.3 is 0 Å². The average Bonchev–Trinajstić information content (AvgIpc) is 3.57. The maximum Gasteiger partial charge on any atom is 0.167 e. The van der Waals surface area contributed by atoms with Crippen LogP contribution in [0.25, 0.3) is 67.2 Å². The molecule has 0 amide bonds. The van der Waals surface area contributed by atoms with Crippen LogP contribution in [-0.2, 0) is 5.41 Å². The van der Waals surface area contributed by atoms with Gasteiger partial charge in [0.15, 0.2) is 17.5 Å². The van der Waals surface area contributed by atoms with E-state index in [9.17, 15) is 5.26 Å². The minimum atomic E-state index is -0.741. The molecule has 2 heterocycles. The van der Waals surface area contributed by atoms with Gasteiger partial charge in [-0.05, 0) is 74.5 Å². The Bertz CT molecular complexity index is 3000. The predicted molar refractivity (Wildman–Crippen MR) is 221 cm³/mol. The van der Waals surface area contributed by atoms with Crippen molar-refractivity contribution in [3.63, 3.8) is 0 Å². The van der Waals surface area contributed by atoms with Gasteiger partial charge in [-0.2, -0.15) is 5.26 Å². The van der Waals surface area contributed by atoms with Crippen LogP contribution in [0.2, 0.25) is 0 Å². The van der Waals surface area contributed by atoms with Gasteiger partial charge < -0.3 is 4.74 Å². The van der Waals surface area contributed by atoms with Crippen molar-refractivity contribution in [3.8, 4) is 74.0 Å². The van der Waals surface area contributed by atoms with E-state index in [1.54, 1.807) is 0 Å². The Labute approximate surface area is 323 Å². The van der Waals surface area contributed by atoms with Gasteiger partial charge in [-0.15, -0.1) is 0 Å². The van der Waals surface area contributed by atoms with E-state index in [1.165, 1.54) is 27.6 Å². The lowest BCUT2D eigenvalue weighted by atomic mass is 9.65. The van der Waals surface area contributed by atoms with Gasteiger partial charge in [-0.25, -0.2) is 15.0 Å². The highest BCUT2D eigenvalue weighted by Crippen LogP contribution is 2.64. The second-order valence-corrected chi connectivity index (χ2v) is 14.2. The molecule has 11 rings (SSSR count). The summed E-state index contributed by atoms with van der Waals surface area (Å²) in [5.41, 5.74) is 11.5. The molecule has 0 saturated carbocycles. The molecule has 1 aliphatic heterocycles. The Morgan fingerprint density at radius 2 is 1.00 bits per heavy atom. The zero-order valence-electron chi connectivity index (χ0n) is 30.0. The monoisotopic (exact) mass is 714 g/mol. The summed E-state index contributed by atoms with van der Waals surface area (Å²) in [6.45, 7) is 0. The first-order valence-corrected chi connectivity index (χ1v) is 18.7. The van der Waals surface area contributed by atoms with Crippen LogP contribution < -0.4 is 4.74 Å². The largest absolute Gasteiger partial charge is 0.456 e. The molecule has 1 atom stereocenters. The number of rotatable bonds is 4. The third kappa shape index (κ3) is 4.63. The van der Waals surface area contributed by atoms with E-state index in [-0.39, 0.29) is 0 Å². The Morgan fingerprint density at radius 3 is 1.71 bits per heavy atom. The van der Waals surface area contributed by atoms with E-state index in [1.807, 2.05) is 78.9 Å². The molecule has 1 aromatic heterocycles. The fourth-order valence-corrected chi connectivity index (χ4v) is 8.85. The first kappa shape index (κ1) is 31.8. The summed E-state index contributed by atoms with van der Waals surface area (Å²) in [5, 5.41) is 12.0. The number of nitrogens with zero attached hydrogens (tertiary/aromatic N) is 4. The molecular weight excluding hydrogens is 685 g/mol. The Hall–Kier alpha value is -7.68. The number of para-hydroxylation sites is 2. The van der Waals surface area contributed by atoms with Crippen molar-refractivity contribution in [1.82, 2.24) is 15.0 Å². The summed E-state index contributed by atoms with van der Waals surface area (Å²) >= 11 is 0. The zero-order chi connectivity index (χ0) is 37.2. The first-order chi connectivity index (χ1) is 27.7. The molecule has 56 heavy (non-hydrogen) atoms. The summed E-state index contributed by atoms with van der Waals surface area (Å²) < 4.78 is 7.07. The highest BCUT2D eigenvalue weighted by Gasteiger charge is 2.52.